The van der Waals surface area contributed by atoms with E-state index >= 15 is 0 Å². The van der Waals surface area contributed by atoms with Crippen molar-refractivity contribution in [3.05, 3.63) is 35.4 Å². The van der Waals surface area contributed by atoms with Gasteiger partial charge in [-0.25, -0.2) is 9.59 Å². The smallest absolute Gasteiger partial charge is 0.335 e. The van der Waals surface area contributed by atoms with Crippen molar-refractivity contribution in [2.24, 2.45) is 11.5 Å². The predicted octanol–water partition coefficient (Wildman–Crippen LogP) is 3.11. The van der Waals surface area contributed by atoms with E-state index in [1.54, 1.807) is 0 Å². The van der Waals surface area contributed by atoms with Crippen molar-refractivity contribution in [3.63, 3.8) is 0 Å². The minimum atomic E-state index is -1.06. The Balaban J connectivity index is 0.000000441. The van der Waals surface area contributed by atoms with Gasteiger partial charge < -0.3 is 21.7 Å². The highest BCUT2D eigenvalue weighted by Crippen LogP contribution is 2.07. The van der Waals surface area contributed by atoms with Crippen molar-refractivity contribution in [3.8, 4) is 0 Å². The van der Waals surface area contributed by atoms with E-state index in [1.165, 1.54) is 75.6 Å². The molecule has 6 heteroatoms. The van der Waals surface area contributed by atoms with Crippen LogP contribution in [0.2, 0.25) is 0 Å². The zero-order valence-corrected chi connectivity index (χ0v) is 14.2. The Morgan fingerprint density at radius 1 is 0.625 bits per heavy atom. The number of carboxylic acids is 2. The topological polar surface area (TPSA) is 127 Å². The van der Waals surface area contributed by atoms with E-state index in [4.69, 9.17) is 21.7 Å². The molecule has 1 aromatic carbocycles. The third kappa shape index (κ3) is 11.6. The minimum Gasteiger partial charge on any atom is -0.478 e. The molecule has 0 fully saturated rings. The molecule has 6 nitrogen and oxygen atoms in total. The number of benzene rings is 1. The van der Waals surface area contributed by atoms with Crippen LogP contribution in [0.3, 0.4) is 0 Å². The van der Waals surface area contributed by atoms with Crippen molar-refractivity contribution in [1.82, 2.24) is 0 Å². The van der Waals surface area contributed by atoms with Gasteiger partial charge in [-0.1, -0.05) is 38.5 Å². The summed E-state index contributed by atoms with van der Waals surface area (Å²) in [6, 6.07) is 5.02. The lowest BCUT2D eigenvalue weighted by Crippen LogP contribution is -1.99. The summed E-state index contributed by atoms with van der Waals surface area (Å²) in [5.74, 6) is -2.13. The number of hydrogen-bond donors (Lipinski definition) is 4. The maximum Gasteiger partial charge on any atom is 0.335 e. The van der Waals surface area contributed by atoms with Crippen LogP contribution in [0.25, 0.3) is 0 Å². The molecule has 136 valence electrons. The fourth-order valence-electron chi connectivity index (χ4n) is 2.10. The molecule has 1 aromatic rings. The Labute approximate surface area is 143 Å². The highest BCUT2D eigenvalue weighted by molar-refractivity contribution is 5.91. The van der Waals surface area contributed by atoms with Crippen LogP contribution in [0, 0.1) is 0 Å². The monoisotopic (exact) mass is 338 g/mol. The van der Waals surface area contributed by atoms with Crippen LogP contribution >= 0.6 is 0 Å². The van der Waals surface area contributed by atoms with Gasteiger partial charge in [0.05, 0.1) is 11.1 Å². The van der Waals surface area contributed by atoms with Crippen LogP contribution in [-0.2, 0) is 0 Å². The molecule has 0 aliphatic heterocycles. The third-order valence-electron chi connectivity index (χ3n) is 3.54. The summed E-state index contributed by atoms with van der Waals surface area (Å²) in [4.78, 5) is 20.7. The van der Waals surface area contributed by atoms with Gasteiger partial charge in [0.2, 0.25) is 0 Å². The lowest BCUT2D eigenvalue weighted by Gasteiger charge is -2.00. The number of unbranched alkanes of at least 4 members (excludes halogenated alkanes) is 7. The molecule has 0 saturated carbocycles. The molecule has 0 spiro atoms. The number of hydrogen-bond acceptors (Lipinski definition) is 4. The van der Waals surface area contributed by atoms with E-state index < -0.39 is 11.9 Å². The second-order valence-electron chi connectivity index (χ2n) is 5.59. The molecular formula is C18H30N2O4. The van der Waals surface area contributed by atoms with Crippen LogP contribution in [0.4, 0.5) is 0 Å². The SMILES string of the molecule is NCCCCCCCCCCN.O=C(O)c1ccc(C(=O)O)cc1. The van der Waals surface area contributed by atoms with Crippen LogP contribution in [0.5, 0.6) is 0 Å². The van der Waals surface area contributed by atoms with Crippen molar-refractivity contribution in [2.45, 2.75) is 51.4 Å². The maximum absolute atomic E-state index is 10.3. The molecule has 0 bridgehead atoms. The van der Waals surface area contributed by atoms with Crippen LogP contribution < -0.4 is 11.5 Å². The van der Waals surface area contributed by atoms with Crippen molar-refractivity contribution < 1.29 is 19.8 Å². The first-order valence-electron chi connectivity index (χ1n) is 8.49. The van der Waals surface area contributed by atoms with Gasteiger partial charge in [-0.05, 0) is 50.2 Å². The maximum atomic E-state index is 10.3. The molecule has 0 amide bonds. The van der Waals surface area contributed by atoms with Crippen molar-refractivity contribution in [1.29, 1.82) is 0 Å². The van der Waals surface area contributed by atoms with Gasteiger partial charge in [-0.2, -0.15) is 0 Å². The average Bonchev–Trinajstić information content (AvgIpc) is 2.58. The molecule has 0 radical (unpaired) electrons. The van der Waals surface area contributed by atoms with Gasteiger partial charge in [0.15, 0.2) is 0 Å². The summed E-state index contributed by atoms with van der Waals surface area (Å²) >= 11 is 0. The quantitative estimate of drug-likeness (QED) is 0.459. The zero-order chi connectivity index (χ0) is 18.2. The lowest BCUT2D eigenvalue weighted by molar-refractivity contribution is 0.0681. The molecule has 0 atom stereocenters. The molecule has 0 saturated heterocycles. The first kappa shape index (κ1) is 22.1. The van der Waals surface area contributed by atoms with E-state index in [2.05, 4.69) is 0 Å². The number of carbonyl (C=O) groups is 2. The number of rotatable bonds is 11. The van der Waals surface area contributed by atoms with Crippen molar-refractivity contribution >= 4 is 11.9 Å². The molecular weight excluding hydrogens is 308 g/mol. The Morgan fingerprint density at radius 2 is 0.875 bits per heavy atom. The Hall–Kier alpha value is -1.92. The Kier molecular flexibility index (Phi) is 13.5. The van der Waals surface area contributed by atoms with E-state index in [0.29, 0.717) is 0 Å². The first-order valence-corrected chi connectivity index (χ1v) is 8.49. The summed E-state index contributed by atoms with van der Waals surface area (Å²) in [7, 11) is 0. The molecule has 0 heterocycles. The Bertz CT molecular complexity index is 418. The standard InChI is InChI=1S/C10H24N2.C8H6O4/c11-9-7-5-3-1-2-4-6-8-10-12;9-7(10)5-1-2-6(4-3-5)8(11)12/h1-12H2;1-4H,(H,9,10)(H,11,12). The summed E-state index contributed by atoms with van der Waals surface area (Å²) in [5, 5.41) is 16.9. The van der Waals surface area contributed by atoms with E-state index in [0.717, 1.165) is 13.1 Å². The molecule has 0 unspecified atom stereocenters. The number of aromatic carboxylic acids is 2. The normalized spacial score (nSPS) is 9.92. The molecule has 0 aliphatic carbocycles. The van der Waals surface area contributed by atoms with E-state index in [9.17, 15) is 9.59 Å². The van der Waals surface area contributed by atoms with Crippen LogP contribution in [0.1, 0.15) is 72.1 Å². The van der Waals surface area contributed by atoms with Gasteiger partial charge in [0, 0.05) is 0 Å². The van der Waals surface area contributed by atoms with Crippen LogP contribution in [-0.4, -0.2) is 35.2 Å². The van der Waals surface area contributed by atoms with Crippen molar-refractivity contribution in [2.75, 3.05) is 13.1 Å². The fourth-order valence-corrected chi connectivity index (χ4v) is 2.10. The predicted molar refractivity (Wildman–Crippen MR) is 95.4 cm³/mol. The Morgan fingerprint density at radius 3 is 1.08 bits per heavy atom. The van der Waals surface area contributed by atoms with Gasteiger partial charge >= 0.3 is 11.9 Å². The number of nitrogens with two attached hydrogens (primary N) is 2. The summed E-state index contributed by atoms with van der Waals surface area (Å²) in [6.45, 7) is 1.71. The highest BCUT2D eigenvalue weighted by Gasteiger charge is 2.04. The fraction of sp³-hybridized carbons (Fsp3) is 0.556. The van der Waals surface area contributed by atoms with Crippen LogP contribution in [0.15, 0.2) is 24.3 Å². The van der Waals surface area contributed by atoms with E-state index in [1.807, 2.05) is 0 Å². The second-order valence-corrected chi connectivity index (χ2v) is 5.59. The third-order valence-corrected chi connectivity index (χ3v) is 3.54. The number of carboxylic acid groups (broad SMARTS) is 2. The zero-order valence-electron chi connectivity index (χ0n) is 14.2. The lowest BCUT2D eigenvalue weighted by atomic mass is 10.1. The van der Waals surface area contributed by atoms with Gasteiger partial charge in [-0.3, -0.25) is 0 Å². The summed E-state index contributed by atoms with van der Waals surface area (Å²) in [5.41, 5.74) is 11.0. The second kappa shape index (κ2) is 14.7. The van der Waals surface area contributed by atoms with Gasteiger partial charge in [0.1, 0.15) is 0 Å². The van der Waals surface area contributed by atoms with Gasteiger partial charge in [-0.15, -0.1) is 0 Å². The average molecular weight is 338 g/mol. The van der Waals surface area contributed by atoms with E-state index in [-0.39, 0.29) is 11.1 Å². The first-order chi connectivity index (χ1) is 11.5. The minimum absolute atomic E-state index is 0.0833. The molecule has 1 rings (SSSR count). The summed E-state index contributed by atoms with van der Waals surface area (Å²) in [6.07, 6.45) is 10.5. The summed E-state index contributed by atoms with van der Waals surface area (Å²) < 4.78 is 0. The largest absolute Gasteiger partial charge is 0.478 e. The molecule has 24 heavy (non-hydrogen) atoms. The van der Waals surface area contributed by atoms with Gasteiger partial charge in [0.25, 0.3) is 0 Å². The molecule has 0 aromatic heterocycles. The molecule has 0 aliphatic rings. The molecule has 6 N–H and O–H groups in total. The highest BCUT2D eigenvalue weighted by atomic mass is 16.4.